The molecule has 2 aromatic rings. The van der Waals surface area contributed by atoms with Gasteiger partial charge < -0.3 is 4.48 Å². The van der Waals surface area contributed by atoms with Crippen molar-refractivity contribution in [2.24, 2.45) is 4.99 Å². The van der Waals surface area contributed by atoms with E-state index < -0.39 is 7.40 Å². The fourth-order valence-electron chi connectivity index (χ4n) is 3.05. The van der Waals surface area contributed by atoms with Crippen molar-refractivity contribution in [1.29, 1.82) is 0 Å². The largest absolute Gasteiger partial charge is 0.678 e. The number of allylic oxidation sites excluding steroid dienone is 3. The number of aliphatic imine (C=N–C) groups is 1. The molecule has 0 spiro atoms. The minimum absolute atomic E-state index is 0.467. The molecular formula is C20H19BF2N2. The summed E-state index contributed by atoms with van der Waals surface area (Å²) in [6.07, 6.45) is 5.52. The third-order valence-corrected chi connectivity index (χ3v) is 4.22. The Balaban J connectivity index is 2.03. The van der Waals surface area contributed by atoms with Gasteiger partial charge in [0.25, 0.3) is 0 Å². The zero-order chi connectivity index (χ0) is 18.0. The highest BCUT2D eigenvalue weighted by Gasteiger charge is 2.25. The highest BCUT2D eigenvalue weighted by atomic mass is 19.2. The van der Waals surface area contributed by atoms with Crippen molar-refractivity contribution in [1.82, 2.24) is 4.48 Å². The number of halogens is 2. The van der Waals surface area contributed by atoms with E-state index in [1.165, 1.54) is 0 Å². The molecule has 1 aliphatic rings. The van der Waals surface area contributed by atoms with Crippen molar-refractivity contribution in [3.8, 4) is 0 Å². The Bertz CT molecular complexity index is 903. The van der Waals surface area contributed by atoms with Gasteiger partial charge in [-0.2, -0.15) is 0 Å². The molecule has 0 saturated heterocycles. The molecule has 2 heterocycles. The van der Waals surface area contributed by atoms with E-state index in [0.29, 0.717) is 11.4 Å². The summed E-state index contributed by atoms with van der Waals surface area (Å²) < 4.78 is 28.5. The maximum Gasteiger partial charge on any atom is 0.678 e. The molecule has 0 fully saturated rings. The van der Waals surface area contributed by atoms with Crippen LogP contribution in [0, 0.1) is 0 Å². The molecule has 126 valence electrons. The van der Waals surface area contributed by atoms with Crippen LogP contribution in [-0.2, 0) is 0 Å². The third kappa shape index (κ3) is 3.55. The predicted molar refractivity (Wildman–Crippen MR) is 103 cm³/mol. The second-order valence-electron chi connectivity index (χ2n) is 6.09. The van der Waals surface area contributed by atoms with Crippen LogP contribution in [0.4, 0.5) is 8.63 Å². The first kappa shape index (κ1) is 17.1. The lowest BCUT2D eigenvalue weighted by Crippen LogP contribution is -2.17. The standard InChI is InChI=1S/C20H19BF2N2/c1-14-13-15(2)24-20(14)16(3)19-12-11-18(25(19)21(22)23)10-9-17-7-5-4-6-8-17/h4-13H,1-3H3/b10-9+,20-16-. The van der Waals surface area contributed by atoms with Gasteiger partial charge in [-0.15, -0.1) is 0 Å². The van der Waals surface area contributed by atoms with E-state index in [2.05, 4.69) is 4.99 Å². The maximum absolute atomic E-state index is 13.7. The Morgan fingerprint density at radius 3 is 2.36 bits per heavy atom. The molecule has 0 saturated carbocycles. The number of benzene rings is 1. The van der Waals surface area contributed by atoms with Crippen LogP contribution in [-0.4, -0.2) is 17.6 Å². The van der Waals surface area contributed by atoms with Crippen molar-refractivity contribution in [2.75, 3.05) is 0 Å². The molecule has 0 amide bonds. The minimum Gasteiger partial charge on any atom is -0.326 e. The Hall–Kier alpha value is -2.69. The molecule has 0 atom stereocenters. The minimum atomic E-state index is -2.62. The van der Waals surface area contributed by atoms with Crippen LogP contribution >= 0.6 is 0 Å². The average Bonchev–Trinajstić information content (AvgIpc) is 3.16. The van der Waals surface area contributed by atoms with E-state index in [1.54, 1.807) is 18.2 Å². The van der Waals surface area contributed by atoms with Crippen LogP contribution in [0.15, 0.2) is 64.8 Å². The Morgan fingerprint density at radius 2 is 1.76 bits per heavy atom. The molecule has 0 aliphatic carbocycles. The van der Waals surface area contributed by atoms with E-state index in [9.17, 15) is 8.63 Å². The van der Waals surface area contributed by atoms with Crippen LogP contribution in [0.1, 0.15) is 37.7 Å². The second-order valence-corrected chi connectivity index (χ2v) is 6.09. The van der Waals surface area contributed by atoms with Gasteiger partial charge in [-0.1, -0.05) is 36.4 Å². The Kier molecular flexibility index (Phi) is 4.84. The summed E-state index contributed by atoms with van der Waals surface area (Å²) in [5.74, 6) is 0. The van der Waals surface area contributed by atoms with Crippen LogP contribution < -0.4 is 0 Å². The molecule has 0 unspecified atom stereocenters. The molecule has 2 nitrogen and oxygen atoms in total. The quantitative estimate of drug-likeness (QED) is 0.648. The summed E-state index contributed by atoms with van der Waals surface area (Å²) in [6.45, 7) is 5.70. The predicted octanol–water partition coefficient (Wildman–Crippen LogP) is 5.58. The number of hydrogen-bond donors (Lipinski definition) is 0. The molecule has 1 aliphatic heterocycles. The Labute approximate surface area is 147 Å². The summed E-state index contributed by atoms with van der Waals surface area (Å²) in [6, 6.07) is 13.1. The van der Waals surface area contributed by atoms with Crippen molar-refractivity contribution < 1.29 is 8.63 Å². The molecule has 1 aromatic heterocycles. The summed E-state index contributed by atoms with van der Waals surface area (Å²) in [5.41, 5.74) is 5.35. The van der Waals surface area contributed by atoms with Crippen molar-refractivity contribution in [3.05, 3.63) is 76.8 Å². The lowest BCUT2D eigenvalue weighted by molar-refractivity contribution is 0.627. The monoisotopic (exact) mass is 336 g/mol. The van der Waals surface area contributed by atoms with Crippen LogP contribution in [0.3, 0.4) is 0 Å². The number of rotatable bonds is 4. The molecule has 1 aromatic carbocycles. The highest BCUT2D eigenvalue weighted by molar-refractivity contribution is 6.41. The third-order valence-electron chi connectivity index (χ3n) is 4.22. The van der Waals surface area contributed by atoms with Gasteiger partial charge in [-0.25, -0.2) is 0 Å². The van der Waals surface area contributed by atoms with Gasteiger partial charge in [0.1, 0.15) is 0 Å². The average molecular weight is 336 g/mol. The zero-order valence-corrected chi connectivity index (χ0v) is 14.5. The van der Waals surface area contributed by atoms with Crippen LogP contribution in [0.25, 0.3) is 17.7 Å². The number of aromatic nitrogens is 1. The summed E-state index contributed by atoms with van der Waals surface area (Å²) in [4.78, 5) is 4.48. The SMILES string of the molecule is CC1=CC(C)=N/C1=C(/C)c1ccc(/C=C/c2ccccc2)n1B(F)F. The van der Waals surface area contributed by atoms with E-state index in [0.717, 1.165) is 32.6 Å². The number of nitrogens with zero attached hydrogens (tertiary/aromatic N) is 2. The summed E-state index contributed by atoms with van der Waals surface area (Å²) in [5, 5.41) is 0. The Morgan fingerprint density at radius 1 is 1.04 bits per heavy atom. The van der Waals surface area contributed by atoms with Gasteiger partial charge in [-0.3, -0.25) is 13.6 Å². The van der Waals surface area contributed by atoms with Gasteiger partial charge in [0, 0.05) is 17.1 Å². The molecular weight excluding hydrogens is 317 g/mol. The van der Waals surface area contributed by atoms with Gasteiger partial charge in [0.2, 0.25) is 0 Å². The van der Waals surface area contributed by atoms with Crippen molar-refractivity contribution in [3.63, 3.8) is 0 Å². The molecule has 0 N–H and O–H groups in total. The van der Waals surface area contributed by atoms with Crippen LogP contribution in [0.5, 0.6) is 0 Å². The number of hydrogen-bond acceptors (Lipinski definition) is 1. The normalized spacial score (nSPS) is 16.2. The van der Waals surface area contributed by atoms with Gasteiger partial charge in [0.05, 0.1) is 5.70 Å². The van der Waals surface area contributed by atoms with Crippen LogP contribution in [0.2, 0.25) is 0 Å². The van der Waals surface area contributed by atoms with E-state index in [1.807, 2.05) is 63.3 Å². The molecule has 3 rings (SSSR count). The lowest BCUT2D eigenvalue weighted by Gasteiger charge is -2.11. The second kappa shape index (κ2) is 7.05. The summed E-state index contributed by atoms with van der Waals surface area (Å²) in [7, 11) is -2.62. The topological polar surface area (TPSA) is 17.3 Å². The lowest BCUT2D eigenvalue weighted by atomic mass is 10.1. The fourth-order valence-corrected chi connectivity index (χ4v) is 3.05. The van der Waals surface area contributed by atoms with Gasteiger partial charge in [-0.05, 0) is 61.8 Å². The first-order valence-corrected chi connectivity index (χ1v) is 8.15. The smallest absolute Gasteiger partial charge is 0.326 e. The zero-order valence-electron chi connectivity index (χ0n) is 14.5. The van der Waals surface area contributed by atoms with Gasteiger partial charge >= 0.3 is 7.40 Å². The molecule has 5 heteroatoms. The molecule has 25 heavy (non-hydrogen) atoms. The van der Waals surface area contributed by atoms with Crippen molar-refractivity contribution >= 4 is 30.8 Å². The van der Waals surface area contributed by atoms with Gasteiger partial charge in [0.15, 0.2) is 0 Å². The van der Waals surface area contributed by atoms with E-state index in [-0.39, 0.29) is 0 Å². The first-order chi connectivity index (χ1) is 12.0. The van der Waals surface area contributed by atoms with Crippen molar-refractivity contribution in [2.45, 2.75) is 20.8 Å². The van der Waals surface area contributed by atoms with E-state index in [4.69, 9.17) is 0 Å². The highest BCUT2D eigenvalue weighted by Crippen LogP contribution is 2.30. The van der Waals surface area contributed by atoms with E-state index >= 15 is 0 Å². The molecule has 0 radical (unpaired) electrons. The maximum atomic E-state index is 13.7. The fraction of sp³-hybridized carbons (Fsp3) is 0.150. The molecule has 0 bridgehead atoms. The first-order valence-electron chi connectivity index (χ1n) is 8.15. The summed E-state index contributed by atoms with van der Waals surface area (Å²) >= 11 is 0.